The molecule has 0 aromatic heterocycles. The second kappa shape index (κ2) is 7.36. The molecule has 0 rings (SSSR count). The molecule has 0 aliphatic rings. The number of nitrogens with two attached hydrogens (primary N) is 1. The van der Waals surface area contributed by atoms with Crippen LogP contribution in [0.25, 0.3) is 0 Å². The number of hydrogen-bond acceptors (Lipinski definition) is 3. The molecule has 14 heavy (non-hydrogen) atoms. The maximum atomic E-state index is 11.6. The molecule has 1 unspecified atom stereocenters. The molecule has 0 aliphatic heterocycles. The summed E-state index contributed by atoms with van der Waals surface area (Å²) in [6, 6.07) is 0. The second-order valence-corrected chi connectivity index (χ2v) is 2.91. The highest BCUT2D eigenvalue weighted by Gasteiger charge is 2.15. The van der Waals surface area contributed by atoms with Crippen molar-refractivity contribution in [2.75, 3.05) is 26.7 Å². The summed E-state index contributed by atoms with van der Waals surface area (Å²) < 4.78 is 5.02. The van der Waals surface area contributed by atoms with E-state index >= 15 is 0 Å². The van der Waals surface area contributed by atoms with Crippen LogP contribution in [-0.2, 0) is 9.53 Å². The van der Waals surface area contributed by atoms with Gasteiger partial charge >= 0.3 is 0 Å². The molecule has 0 heterocycles. The van der Waals surface area contributed by atoms with Crippen molar-refractivity contribution in [3.05, 3.63) is 0 Å². The molecule has 0 aromatic carbocycles. The topological polar surface area (TPSA) is 55.6 Å². The zero-order chi connectivity index (χ0) is 11.0. The first kappa shape index (κ1) is 12.9. The number of methoxy groups -OCH3 is 1. The lowest BCUT2D eigenvalue weighted by molar-refractivity contribution is -0.132. The molecule has 0 bridgehead atoms. The van der Waals surface area contributed by atoms with E-state index < -0.39 is 0 Å². The Morgan fingerprint density at radius 1 is 1.71 bits per heavy atom. The zero-order valence-corrected chi connectivity index (χ0v) is 8.82. The number of carbonyl (C=O) groups is 1. The Bertz CT molecular complexity index is 207. The van der Waals surface area contributed by atoms with Crippen molar-refractivity contribution in [1.29, 1.82) is 0 Å². The summed E-state index contributed by atoms with van der Waals surface area (Å²) in [4.78, 5) is 13.2. The van der Waals surface area contributed by atoms with E-state index in [1.165, 1.54) is 0 Å². The van der Waals surface area contributed by atoms with Gasteiger partial charge < -0.3 is 15.4 Å². The molecule has 0 fully saturated rings. The number of hydrogen-bond donors (Lipinski definition) is 1. The van der Waals surface area contributed by atoms with Gasteiger partial charge in [-0.3, -0.25) is 4.79 Å². The van der Waals surface area contributed by atoms with Crippen molar-refractivity contribution >= 4 is 5.91 Å². The fraction of sp³-hybridized carbons (Fsp3) is 0.700. The Morgan fingerprint density at radius 3 is 2.71 bits per heavy atom. The lowest BCUT2D eigenvalue weighted by Crippen LogP contribution is -2.36. The molecule has 0 aliphatic carbocycles. The summed E-state index contributed by atoms with van der Waals surface area (Å²) >= 11 is 0. The predicted molar refractivity (Wildman–Crippen MR) is 55.6 cm³/mol. The molecule has 4 heteroatoms. The van der Waals surface area contributed by atoms with E-state index in [2.05, 4.69) is 5.92 Å². The van der Waals surface area contributed by atoms with Crippen molar-refractivity contribution in [2.24, 2.45) is 5.73 Å². The van der Waals surface area contributed by atoms with Crippen LogP contribution in [0.15, 0.2) is 0 Å². The van der Waals surface area contributed by atoms with Crippen molar-refractivity contribution in [3.63, 3.8) is 0 Å². The first-order valence-electron chi connectivity index (χ1n) is 4.63. The van der Waals surface area contributed by atoms with E-state index in [4.69, 9.17) is 16.9 Å². The van der Waals surface area contributed by atoms with E-state index in [1.807, 2.05) is 6.92 Å². The SMILES string of the molecule is C#CCN(CC)C(=O)CC(CN)OC. The third-order valence-electron chi connectivity index (χ3n) is 2.02. The molecule has 1 atom stereocenters. The Labute approximate surface area is 85.4 Å². The maximum Gasteiger partial charge on any atom is 0.226 e. The maximum absolute atomic E-state index is 11.6. The van der Waals surface area contributed by atoms with Gasteiger partial charge in [-0.05, 0) is 6.92 Å². The highest BCUT2D eigenvalue weighted by Crippen LogP contribution is 2.00. The van der Waals surface area contributed by atoms with Crippen LogP contribution in [-0.4, -0.2) is 43.7 Å². The zero-order valence-electron chi connectivity index (χ0n) is 8.82. The van der Waals surface area contributed by atoms with Gasteiger partial charge in [0.05, 0.1) is 19.1 Å². The van der Waals surface area contributed by atoms with Crippen molar-refractivity contribution in [3.8, 4) is 12.3 Å². The molecule has 80 valence electrons. The van der Waals surface area contributed by atoms with Crippen LogP contribution in [0.3, 0.4) is 0 Å². The summed E-state index contributed by atoms with van der Waals surface area (Å²) in [5, 5.41) is 0. The summed E-state index contributed by atoms with van der Waals surface area (Å²) in [5.41, 5.74) is 5.41. The van der Waals surface area contributed by atoms with Gasteiger partial charge in [-0.15, -0.1) is 6.42 Å². The average molecular weight is 198 g/mol. The summed E-state index contributed by atoms with van der Waals surface area (Å²) in [7, 11) is 1.54. The first-order chi connectivity index (χ1) is 6.69. The van der Waals surface area contributed by atoms with Gasteiger partial charge in [-0.2, -0.15) is 0 Å². The Kier molecular flexibility index (Phi) is 6.81. The normalized spacial score (nSPS) is 11.9. The summed E-state index contributed by atoms with van der Waals surface area (Å²) in [6.07, 6.45) is 5.22. The van der Waals surface area contributed by atoms with Gasteiger partial charge in [0.15, 0.2) is 0 Å². The third kappa shape index (κ3) is 4.26. The van der Waals surface area contributed by atoms with Gasteiger partial charge in [0.25, 0.3) is 0 Å². The molecular formula is C10H18N2O2. The van der Waals surface area contributed by atoms with Gasteiger partial charge in [-0.25, -0.2) is 0 Å². The van der Waals surface area contributed by atoms with Crippen molar-refractivity contribution in [1.82, 2.24) is 4.90 Å². The van der Waals surface area contributed by atoms with Gasteiger partial charge in [0, 0.05) is 20.2 Å². The van der Waals surface area contributed by atoms with Crippen LogP contribution in [0, 0.1) is 12.3 Å². The van der Waals surface area contributed by atoms with Crippen molar-refractivity contribution < 1.29 is 9.53 Å². The number of carbonyl (C=O) groups excluding carboxylic acids is 1. The highest BCUT2D eigenvalue weighted by molar-refractivity contribution is 5.77. The minimum Gasteiger partial charge on any atom is -0.380 e. The van der Waals surface area contributed by atoms with Crippen LogP contribution in [0.4, 0.5) is 0 Å². The predicted octanol–water partition coefficient (Wildman–Crippen LogP) is -0.168. The first-order valence-corrected chi connectivity index (χ1v) is 4.63. The van der Waals surface area contributed by atoms with Crippen LogP contribution in [0.5, 0.6) is 0 Å². The van der Waals surface area contributed by atoms with Gasteiger partial charge in [0.2, 0.25) is 5.91 Å². The number of amides is 1. The lowest BCUT2D eigenvalue weighted by Gasteiger charge is -2.20. The molecule has 0 radical (unpaired) electrons. The fourth-order valence-corrected chi connectivity index (χ4v) is 1.07. The van der Waals surface area contributed by atoms with Crippen LogP contribution in [0.2, 0.25) is 0 Å². The molecule has 4 nitrogen and oxygen atoms in total. The quantitative estimate of drug-likeness (QED) is 0.603. The lowest BCUT2D eigenvalue weighted by atomic mass is 10.2. The molecule has 0 saturated heterocycles. The Hall–Kier alpha value is -1.05. The molecular weight excluding hydrogens is 180 g/mol. The van der Waals surface area contributed by atoms with Crippen LogP contribution in [0.1, 0.15) is 13.3 Å². The minimum atomic E-state index is -0.214. The standard InChI is InChI=1S/C10H18N2O2/c1-4-6-12(5-2)10(13)7-9(8-11)14-3/h1,9H,5-8,11H2,2-3H3. The number of rotatable bonds is 6. The second-order valence-electron chi connectivity index (χ2n) is 2.91. The van der Waals surface area contributed by atoms with E-state index in [-0.39, 0.29) is 12.0 Å². The summed E-state index contributed by atoms with van der Waals surface area (Å²) in [6.45, 7) is 3.19. The Morgan fingerprint density at radius 2 is 2.36 bits per heavy atom. The molecule has 0 spiro atoms. The van der Waals surface area contributed by atoms with Crippen molar-refractivity contribution in [2.45, 2.75) is 19.4 Å². The molecule has 1 amide bonds. The highest BCUT2D eigenvalue weighted by atomic mass is 16.5. The van der Waals surface area contributed by atoms with Crippen LogP contribution < -0.4 is 5.73 Å². The van der Waals surface area contributed by atoms with E-state index in [0.29, 0.717) is 26.1 Å². The van der Waals surface area contributed by atoms with E-state index in [1.54, 1.807) is 12.0 Å². The smallest absolute Gasteiger partial charge is 0.226 e. The molecule has 0 saturated carbocycles. The average Bonchev–Trinajstić information content (AvgIpc) is 2.22. The number of ether oxygens (including phenoxy) is 1. The number of terminal acetylenes is 1. The van der Waals surface area contributed by atoms with E-state index in [0.717, 1.165) is 0 Å². The van der Waals surface area contributed by atoms with Gasteiger partial charge in [-0.1, -0.05) is 5.92 Å². The van der Waals surface area contributed by atoms with E-state index in [9.17, 15) is 4.79 Å². The Balaban J connectivity index is 4.09. The van der Waals surface area contributed by atoms with Gasteiger partial charge in [0.1, 0.15) is 0 Å². The molecule has 0 aromatic rings. The third-order valence-corrected chi connectivity index (χ3v) is 2.02. The molecule has 2 N–H and O–H groups in total. The fourth-order valence-electron chi connectivity index (χ4n) is 1.07. The minimum absolute atomic E-state index is 0.0113. The number of nitrogens with zero attached hydrogens (tertiary/aromatic N) is 1. The monoisotopic (exact) mass is 198 g/mol. The van der Waals surface area contributed by atoms with Crippen LogP contribution >= 0.6 is 0 Å². The summed E-state index contributed by atoms with van der Waals surface area (Å²) in [5.74, 6) is 2.43. The largest absolute Gasteiger partial charge is 0.380 e.